The van der Waals surface area contributed by atoms with E-state index in [1.165, 1.54) is 16.9 Å². The summed E-state index contributed by atoms with van der Waals surface area (Å²) < 4.78 is 8.18. The van der Waals surface area contributed by atoms with Gasteiger partial charge < -0.3 is 9.42 Å². The molecule has 6 heteroatoms. The van der Waals surface area contributed by atoms with E-state index in [0.717, 1.165) is 11.0 Å². The minimum Gasteiger partial charge on any atom is -0.346 e. The van der Waals surface area contributed by atoms with E-state index in [4.69, 9.17) is 21.4 Å². The summed E-state index contributed by atoms with van der Waals surface area (Å²) in [6, 6.07) is 18.6. The molecule has 2 aromatic rings. The Kier molecular flexibility index (Phi) is 4.50. The topological polar surface area (TPSA) is 28.1 Å². The third-order valence-electron chi connectivity index (χ3n) is 5.24. The second-order valence-corrected chi connectivity index (χ2v) is 10.9. The SMILES string of the molecule is CCOP1(=S)C(=C2N(C)c3ccccc3C2(C)C)C=NN1c1ccccc1. The van der Waals surface area contributed by atoms with Crippen molar-refractivity contribution in [3.05, 3.63) is 71.2 Å². The molecule has 2 aliphatic rings. The van der Waals surface area contributed by atoms with Gasteiger partial charge >= 0.3 is 0 Å². The molecule has 0 saturated carbocycles. The van der Waals surface area contributed by atoms with Crippen molar-refractivity contribution in [2.24, 2.45) is 5.10 Å². The zero-order valence-corrected chi connectivity index (χ0v) is 17.8. The molecule has 0 amide bonds. The van der Waals surface area contributed by atoms with Crippen LogP contribution in [0.3, 0.4) is 0 Å². The number of hydrogen-bond donors (Lipinski definition) is 0. The smallest absolute Gasteiger partial charge is 0.209 e. The van der Waals surface area contributed by atoms with Crippen molar-refractivity contribution < 1.29 is 4.52 Å². The third-order valence-corrected chi connectivity index (χ3v) is 8.99. The lowest BCUT2D eigenvalue weighted by Gasteiger charge is -2.32. The minimum absolute atomic E-state index is 0.166. The van der Waals surface area contributed by atoms with E-state index in [2.05, 4.69) is 50.1 Å². The summed E-state index contributed by atoms with van der Waals surface area (Å²) in [5.74, 6) is 0. The van der Waals surface area contributed by atoms with Crippen LogP contribution in [-0.2, 0) is 21.7 Å². The molecule has 140 valence electrons. The Labute approximate surface area is 166 Å². The van der Waals surface area contributed by atoms with Crippen LogP contribution in [0.2, 0.25) is 0 Å². The number of anilines is 2. The first-order valence-corrected chi connectivity index (χ1v) is 11.8. The fourth-order valence-corrected chi connectivity index (χ4v) is 7.53. The van der Waals surface area contributed by atoms with Crippen LogP contribution < -0.4 is 9.68 Å². The molecule has 0 N–H and O–H groups in total. The van der Waals surface area contributed by atoms with Crippen molar-refractivity contribution in [3.63, 3.8) is 0 Å². The summed E-state index contributed by atoms with van der Waals surface area (Å²) in [5, 5.41) is 5.74. The summed E-state index contributed by atoms with van der Waals surface area (Å²) in [4.78, 5) is 2.26. The monoisotopic (exact) mass is 397 g/mol. The molecule has 0 radical (unpaired) electrons. The van der Waals surface area contributed by atoms with Crippen LogP contribution in [0.15, 0.2) is 70.7 Å². The van der Waals surface area contributed by atoms with Gasteiger partial charge in [0.1, 0.15) is 0 Å². The number of fused-ring (bicyclic) bond motifs is 1. The van der Waals surface area contributed by atoms with Crippen molar-refractivity contribution in [1.82, 2.24) is 0 Å². The van der Waals surface area contributed by atoms with Gasteiger partial charge in [0.25, 0.3) is 0 Å². The van der Waals surface area contributed by atoms with Gasteiger partial charge in [-0.25, -0.2) is 4.78 Å². The zero-order chi connectivity index (χ0) is 19.2. The summed E-state index contributed by atoms with van der Waals surface area (Å²) in [6.45, 7) is 7.05. The Hall–Kier alpha value is -1.94. The summed E-state index contributed by atoms with van der Waals surface area (Å²) in [6.07, 6.45) is -0.605. The highest BCUT2D eigenvalue weighted by atomic mass is 32.4. The van der Waals surface area contributed by atoms with Crippen LogP contribution >= 0.6 is 6.42 Å². The molecular weight excluding hydrogens is 373 g/mol. The van der Waals surface area contributed by atoms with Crippen LogP contribution in [-0.4, -0.2) is 19.9 Å². The molecule has 0 saturated heterocycles. The molecule has 0 fully saturated rings. The van der Waals surface area contributed by atoms with E-state index >= 15 is 0 Å². The Balaban J connectivity index is 1.91. The molecule has 27 heavy (non-hydrogen) atoms. The standard InChI is InChI=1S/C21H24N3OPS/c1-5-25-26(27)19(15-22-24(26)16-11-7-6-8-12-16)20-21(2,3)17-13-9-10-14-18(17)23(20)4/h6-15H,5H2,1-4H3. The van der Waals surface area contributed by atoms with E-state index in [9.17, 15) is 0 Å². The third kappa shape index (κ3) is 2.68. The quantitative estimate of drug-likeness (QED) is 0.642. The average Bonchev–Trinajstić information content (AvgIpc) is 3.08. The molecule has 4 rings (SSSR count). The van der Waals surface area contributed by atoms with Gasteiger partial charge in [0.2, 0.25) is 6.42 Å². The maximum absolute atomic E-state index is 6.27. The van der Waals surface area contributed by atoms with Crippen molar-refractivity contribution >= 4 is 35.8 Å². The first-order chi connectivity index (χ1) is 12.9. The first kappa shape index (κ1) is 18.4. The van der Waals surface area contributed by atoms with Gasteiger partial charge in [-0.1, -0.05) is 50.2 Å². The number of likely N-dealkylation sites (N-methyl/N-ethyl adjacent to an activating group) is 1. The highest BCUT2D eigenvalue weighted by Crippen LogP contribution is 2.66. The number of para-hydroxylation sites is 2. The molecular formula is C21H24N3OPS. The average molecular weight is 397 g/mol. The van der Waals surface area contributed by atoms with E-state index < -0.39 is 6.42 Å². The lowest BCUT2D eigenvalue weighted by molar-refractivity contribution is 0.379. The van der Waals surface area contributed by atoms with Gasteiger partial charge in [0, 0.05) is 23.8 Å². The Morgan fingerprint density at radius 1 is 1.07 bits per heavy atom. The van der Waals surface area contributed by atoms with Crippen LogP contribution in [0.1, 0.15) is 26.3 Å². The Bertz CT molecular complexity index is 984. The predicted molar refractivity (Wildman–Crippen MR) is 118 cm³/mol. The predicted octanol–water partition coefficient (Wildman–Crippen LogP) is 5.48. The van der Waals surface area contributed by atoms with Crippen molar-refractivity contribution in [3.8, 4) is 0 Å². The van der Waals surface area contributed by atoms with Gasteiger partial charge in [-0.3, -0.25) is 0 Å². The van der Waals surface area contributed by atoms with E-state index in [-0.39, 0.29) is 5.41 Å². The molecule has 2 heterocycles. The van der Waals surface area contributed by atoms with Crippen molar-refractivity contribution in [2.45, 2.75) is 26.2 Å². The van der Waals surface area contributed by atoms with E-state index in [1.54, 1.807) is 0 Å². The number of allylic oxidation sites excluding steroid dienone is 2. The second-order valence-electron chi connectivity index (χ2n) is 7.24. The fraction of sp³-hybridized carbons (Fsp3) is 0.286. The Morgan fingerprint density at radius 3 is 2.41 bits per heavy atom. The lowest BCUT2D eigenvalue weighted by Crippen LogP contribution is -2.26. The molecule has 4 nitrogen and oxygen atoms in total. The normalized spacial score (nSPS) is 25.9. The number of nitrogens with zero attached hydrogens (tertiary/aromatic N) is 3. The maximum atomic E-state index is 6.27. The van der Waals surface area contributed by atoms with Gasteiger partial charge in [-0.05, 0) is 42.5 Å². The maximum Gasteiger partial charge on any atom is 0.209 e. The van der Waals surface area contributed by atoms with Gasteiger partial charge in [0.05, 0.1) is 23.8 Å². The van der Waals surface area contributed by atoms with Crippen LogP contribution in [0.25, 0.3) is 0 Å². The van der Waals surface area contributed by atoms with E-state index in [0.29, 0.717) is 6.61 Å². The molecule has 1 unspecified atom stereocenters. The second kappa shape index (κ2) is 6.59. The summed E-state index contributed by atoms with van der Waals surface area (Å²) >= 11 is 6.20. The number of hydrogen-bond acceptors (Lipinski definition) is 4. The Morgan fingerprint density at radius 2 is 1.74 bits per heavy atom. The largest absolute Gasteiger partial charge is 0.346 e. The first-order valence-electron chi connectivity index (χ1n) is 9.14. The van der Waals surface area contributed by atoms with Crippen molar-refractivity contribution in [2.75, 3.05) is 23.3 Å². The molecule has 0 aromatic heterocycles. The van der Waals surface area contributed by atoms with Gasteiger partial charge in [0.15, 0.2) is 0 Å². The lowest BCUT2D eigenvalue weighted by atomic mass is 9.84. The zero-order valence-electron chi connectivity index (χ0n) is 16.1. The van der Waals surface area contributed by atoms with Crippen LogP contribution in [0, 0.1) is 0 Å². The summed E-state index contributed by atoms with van der Waals surface area (Å²) in [5.41, 5.74) is 4.51. The number of benzene rings is 2. The number of rotatable bonds is 3. The van der Waals surface area contributed by atoms with Gasteiger partial charge in [-0.15, -0.1) is 0 Å². The highest BCUT2D eigenvalue weighted by molar-refractivity contribution is 8.15. The van der Waals surface area contributed by atoms with Crippen LogP contribution in [0.5, 0.6) is 0 Å². The molecule has 0 spiro atoms. The minimum atomic E-state index is -2.52. The molecule has 2 aromatic carbocycles. The molecule has 0 bridgehead atoms. The highest BCUT2D eigenvalue weighted by Gasteiger charge is 2.46. The fourth-order valence-electron chi connectivity index (χ4n) is 4.08. The van der Waals surface area contributed by atoms with Crippen molar-refractivity contribution in [1.29, 1.82) is 0 Å². The van der Waals surface area contributed by atoms with E-state index in [1.807, 2.05) is 48.2 Å². The molecule has 1 atom stereocenters. The number of hydrazone groups is 1. The molecule has 2 aliphatic heterocycles. The van der Waals surface area contributed by atoms with Crippen LogP contribution in [0.4, 0.5) is 11.4 Å². The molecule has 0 aliphatic carbocycles. The van der Waals surface area contributed by atoms with Gasteiger partial charge in [-0.2, -0.15) is 5.10 Å². The summed E-state index contributed by atoms with van der Waals surface area (Å²) in [7, 11) is 2.11.